The monoisotopic (exact) mass is 314 g/mol. The fourth-order valence-electron chi connectivity index (χ4n) is 2.75. The topological polar surface area (TPSA) is 116 Å². The van der Waals surface area contributed by atoms with Gasteiger partial charge in [0.1, 0.15) is 6.10 Å². The first kappa shape index (κ1) is 13.6. The minimum Gasteiger partial charge on any atom is -0.419 e. The van der Waals surface area contributed by atoms with Crippen molar-refractivity contribution in [2.75, 3.05) is 0 Å². The predicted molar refractivity (Wildman–Crippen MR) is 52.8 cm³/mol. The Morgan fingerprint density at radius 3 is 2.70 bits per heavy atom. The number of fused-ring (bicyclic) bond motifs is 1. The van der Waals surface area contributed by atoms with E-state index in [-0.39, 0.29) is 6.42 Å². The molecular weight excluding hydrogens is 306 g/mol. The first-order valence-electron chi connectivity index (χ1n) is 5.53. The van der Waals surface area contributed by atoms with Crippen LogP contribution in [0, 0.1) is 5.92 Å². The quantitative estimate of drug-likeness (QED) is 0.544. The van der Waals surface area contributed by atoms with Crippen LogP contribution < -0.4 is 0 Å². The molecule has 0 saturated carbocycles. The van der Waals surface area contributed by atoms with Crippen molar-refractivity contribution >= 4 is 22.1 Å². The van der Waals surface area contributed by atoms with Gasteiger partial charge in [-0.15, -0.1) is 0 Å². The first-order chi connectivity index (χ1) is 9.07. The van der Waals surface area contributed by atoms with Gasteiger partial charge in [-0.25, -0.2) is 4.79 Å². The second-order valence-corrected chi connectivity index (χ2v) is 6.30. The van der Waals surface area contributed by atoms with Crippen LogP contribution in [-0.4, -0.2) is 48.2 Å². The Morgan fingerprint density at radius 1 is 1.50 bits per heavy atom. The molecule has 3 aliphatic heterocycles. The maximum absolute atomic E-state index is 13.1. The molecule has 3 saturated heterocycles. The van der Waals surface area contributed by atoms with Gasteiger partial charge in [-0.1, -0.05) is 0 Å². The summed E-state index contributed by atoms with van der Waals surface area (Å²) in [5.74, 6) is -6.01. The maximum atomic E-state index is 13.1. The molecule has 8 nitrogen and oxygen atoms in total. The second kappa shape index (κ2) is 3.65. The van der Waals surface area contributed by atoms with Gasteiger partial charge in [-0.05, 0) is 6.42 Å². The lowest BCUT2D eigenvalue weighted by Gasteiger charge is -2.28. The van der Waals surface area contributed by atoms with Crippen LogP contribution >= 0.6 is 0 Å². The van der Waals surface area contributed by atoms with E-state index in [0.717, 1.165) is 0 Å². The molecule has 1 N–H and O–H groups in total. The smallest absolute Gasteiger partial charge is 0.419 e. The average molecular weight is 314 g/mol. The summed E-state index contributed by atoms with van der Waals surface area (Å²) in [5, 5.41) is -5.14. The standard InChI is InChI=1S/C9H8F2O8S/c10-9(11,20(14,15)16)7(13)19-8-2-3-1-4(5(8)17-3)6(12)18-8/h3-5H,1-2H2,(H,14,15,16). The summed E-state index contributed by atoms with van der Waals surface area (Å²) in [6.07, 6.45) is -1.32. The minimum atomic E-state index is -5.98. The van der Waals surface area contributed by atoms with Crippen LogP contribution in [0.4, 0.5) is 8.78 Å². The number of carbonyl (C=O) groups excluding carboxylic acids is 2. The van der Waals surface area contributed by atoms with Crippen LogP contribution in [0.1, 0.15) is 12.8 Å². The van der Waals surface area contributed by atoms with E-state index in [2.05, 4.69) is 4.74 Å². The van der Waals surface area contributed by atoms with E-state index in [1.807, 2.05) is 0 Å². The Bertz CT molecular complexity index is 601. The fourth-order valence-corrected chi connectivity index (χ4v) is 3.00. The van der Waals surface area contributed by atoms with Crippen LogP contribution in [0.5, 0.6) is 0 Å². The summed E-state index contributed by atoms with van der Waals surface area (Å²) in [6, 6.07) is 0. The maximum Gasteiger partial charge on any atom is 0.465 e. The molecule has 3 aliphatic rings. The van der Waals surface area contributed by atoms with Crippen LogP contribution in [0.2, 0.25) is 0 Å². The molecule has 0 aromatic rings. The molecular formula is C9H8F2O8S. The Kier molecular flexibility index (Phi) is 2.49. The molecule has 3 fully saturated rings. The average Bonchev–Trinajstić information content (AvgIpc) is 2.86. The van der Waals surface area contributed by atoms with Crippen LogP contribution in [-0.2, 0) is 33.9 Å². The third-order valence-electron chi connectivity index (χ3n) is 3.57. The molecule has 0 aromatic carbocycles. The number of carbonyl (C=O) groups is 2. The van der Waals surface area contributed by atoms with Gasteiger partial charge in [0.15, 0.2) is 0 Å². The third kappa shape index (κ3) is 1.59. The summed E-state index contributed by atoms with van der Waals surface area (Å²) in [7, 11) is -5.98. The van der Waals surface area contributed by atoms with Gasteiger partial charge in [-0.3, -0.25) is 9.35 Å². The third-order valence-corrected chi connectivity index (χ3v) is 4.38. The number of hydrogen-bond donors (Lipinski definition) is 1. The van der Waals surface area contributed by atoms with Gasteiger partial charge in [0.05, 0.1) is 18.4 Å². The zero-order valence-electron chi connectivity index (χ0n) is 9.62. The minimum absolute atomic E-state index is 0.146. The van der Waals surface area contributed by atoms with Crippen molar-refractivity contribution in [2.45, 2.75) is 36.1 Å². The summed E-state index contributed by atoms with van der Waals surface area (Å²) in [5.41, 5.74) is 0. The van der Waals surface area contributed by atoms with Gasteiger partial charge < -0.3 is 14.2 Å². The van der Waals surface area contributed by atoms with Gasteiger partial charge >= 0.3 is 27.3 Å². The van der Waals surface area contributed by atoms with Crippen molar-refractivity contribution in [3.8, 4) is 0 Å². The van der Waals surface area contributed by atoms with Crippen LogP contribution in [0.15, 0.2) is 0 Å². The van der Waals surface area contributed by atoms with Crippen molar-refractivity contribution in [1.82, 2.24) is 0 Å². The number of hydrogen-bond acceptors (Lipinski definition) is 7. The summed E-state index contributed by atoms with van der Waals surface area (Å²) in [6.45, 7) is 0. The van der Waals surface area contributed by atoms with Crippen molar-refractivity contribution in [2.24, 2.45) is 5.92 Å². The predicted octanol–water partition coefficient (Wildman–Crippen LogP) is -0.559. The lowest BCUT2D eigenvalue weighted by Crippen LogP contribution is -2.49. The second-order valence-electron chi connectivity index (χ2n) is 4.84. The van der Waals surface area contributed by atoms with E-state index in [9.17, 15) is 26.8 Å². The van der Waals surface area contributed by atoms with Gasteiger partial charge in [-0.2, -0.15) is 17.2 Å². The fraction of sp³-hybridized carbons (Fsp3) is 0.778. The molecule has 0 aromatic heterocycles. The lowest BCUT2D eigenvalue weighted by molar-refractivity contribution is -0.231. The van der Waals surface area contributed by atoms with E-state index >= 15 is 0 Å². The number of rotatable bonds is 3. The van der Waals surface area contributed by atoms with Crippen molar-refractivity contribution < 1.29 is 45.6 Å². The Balaban J connectivity index is 1.86. The Hall–Kier alpha value is -1.33. The number of alkyl halides is 2. The van der Waals surface area contributed by atoms with Gasteiger partial charge in [0.2, 0.25) is 0 Å². The van der Waals surface area contributed by atoms with E-state index in [1.54, 1.807) is 0 Å². The number of halogens is 2. The molecule has 3 rings (SSSR count). The summed E-state index contributed by atoms with van der Waals surface area (Å²) >= 11 is 0. The van der Waals surface area contributed by atoms with Crippen molar-refractivity contribution in [1.29, 1.82) is 0 Å². The molecule has 11 heteroatoms. The highest BCUT2D eigenvalue weighted by molar-refractivity contribution is 7.87. The van der Waals surface area contributed by atoms with E-state index < -0.39 is 51.2 Å². The number of ether oxygens (including phenoxy) is 3. The summed E-state index contributed by atoms with van der Waals surface area (Å²) < 4.78 is 70.0. The van der Waals surface area contributed by atoms with Crippen molar-refractivity contribution in [3.05, 3.63) is 0 Å². The van der Waals surface area contributed by atoms with E-state index in [0.29, 0.717) is 6.42 Å². The lowest BCUT2D eigenvalue weighted by atomic mass is 9.88. The van der Waals surface area contributed by atoms with Crippen LogP contribution in [0.3, 0.4) is 0 Å². The van der Waals surface area contributed by atoms with E-state index in [1.165, 1.54) is 0 Å². The van der Waals surface area contributed by atoms with E-state index in [4.69, 9.17) is 14.0 Å². The molecule has 4 unspecified atom stereocenters. The largest absolute Gasteiger partial charge is 0.465 e. The molecule has 0 aliphatic carbocycles. The highest BCUT2D eigenvalue weighted by Crippen LogP contribution is 2.53. The molecule has 0 amide bonds. The Morgan fingerprint density at radius 2 is 2.15 bits per heavy atom. The van der Waals surface area contributed by atoms with Gasteiger partial charge in [0, 0.05) is 0 Å². The van der Waals surface area contributed by atoms with Gasteiger partial charge in [0.25, 0.3) is 5.79 Å². The first-order valence-corrected chi connectivity index (χ1v) is 6.97. The molecule has 20 heavy (non-hydrogen) atoms. The SMILES string of the molecule is O=C1OC2(OC(=O)C(F)(F)S(=O)(=O)O)CC3CC1C2O3. The zero-order valence-corrected chi connectivity index (χ0v) is 10.4. The molecule has 4 atom stereocenters. The molecule has 3 heterocycles. The molecule has 0 radical (unpaired) electrons. The number of esters is 2. The highest BCUT2D eigenvalue weighted by atomic mass is 32.2. The highest BCUT2D eigenvalue weighted by Gasteiger charge is 2.71. The molecule has 0 spiro atoms. The summed E-state index contributed by atoms with van der Waals surface area (Å²) in [4.78, 5) is 22.8. The van der Waals surface area contributed by atoms with Crippen molar-refractivity contribution in [3.63, 3.8) is 0 Å². The normalized spacial score (nSPS) is 39.0. The van der Waals surface area contributed by atoms with Crippen LogP contribution in [0.25, 0.3) is 0 Å². The Labute approximate surface area is 110 Å². The zero-order chi connectivity index (χ0) is 14.9. The molecule has 112 valence electrons. The molecule has 2 bridgehead atoms.